The van der Waals surface area contributed by atoms with Gasteiger partial charge in [0.05, 0.1) is 9.99 Å². The normalized spacial score (nSPS) is 10.8. The minimum Gasteiger partial charge on any atom is -0.331 e. The van der Waals surface area contributed by atoms with E-state index >= 15 is 0 Å². The molecule has 0 aliphatic rings. The Hall–Kier alpha value is -0.680. The van der Waals surface area contributed by atoms with E-state index in [-0.39, 0.29) is 5.82 Å². The highest BCUT2D eigenvalue weighted by Gasteiger charge is 2.05. The van der Waals surface area contributed by atoms with E-state index < -0.39 is 0 Å². The van der Waals surface area contributed by atoms with Crippen molar-refractivity contribution in [2.45, 2.75) is 0 Å². The van der Waals surface area contributed by atoms with Crippen molar-refractivity contribution in [3.8, 4) is 0 Å². The summed E-state index contributed by atoms with van der Waals surface area (Å²) in [7, 11) is 0. The molecule has 0 aliphatic heterocycles. The van der Waals surface area contributed by atoms with E-state index in [0.717, 1.165) is 0 Å². The number of rotatable bonds is 0. The second-order valence-corrected chi connectivity index (χ2v) is 3.63. The maximum Gasteiger partial charge on any atom is 0.175 e. The molecule has 12 heavy (non-hydrogen) atoms. The van der Waals surface area contributed by atoms with Crippen molar-refractivity contribution in [2.24, 2.45) is 0 Å². The van der Waals surface area contributed by atoms with Crippen LogP contribution in [-0.2, 0) is 0 Å². The highest BCUT2D eigenvalue weighted by Crippen LogP contribution is 2.22. The topological polar surface area (TPSA) is 31.6 Å². The van der Waals surface area contributed by atoms with Gasteiger partial charge in [-0.3, -0.25) is 0 Å². The maximum atomic E-state index is 13.3. The minimum absolute atomic E-state index is 0.320. The molecule has 62 valence electrons. The summed E-state index contributed by atoms with van der Waals surface area (Å²) < 4.78 is 14.1. The summed E-state index contributed by atoms with van der Waals surface area (Å²) in [5.41, 5.74) is 1.09. The molecule has 0 saturated heterocycles. The van der Waals surface area contributed by atoms with Gasteiger partial charge in [-0.25, -0.2) is 4.39 Å². The van der Waals surface area contributed by atoms with Gasteiger partial charge in [-0.15, -0.1) is 0 Å². The Morgan fingerprint density at radius 3 is 2.83 bits per heavy atom. The van der Waals surface area contributed by atoms with Crippen molar-refractivity contribution in [3.05, 3.63) is 27.2 Å². The number of hydrogen-bond acceptors (Lipinski definition) is 1. The minimum atomic E-state index is -0.320. The predicted octanol–water partition coefficient (Wildman–Crippen LogP) is 3.13. The summed E-state index contributed by atoms with van der Waals surface area (Å²) in [5, 5.41) is 0. The number of aromatic amines is 2. The summed E-state index contributed by atoms with van der Waals surface area (Å²) in [5.74, 6) is -0.320. The second kappa shape index (κ2) is 2.67. The monoisotopic (exact) mass is 246 g/mol. The molecule has 0 spiro atoms. The van der Waals surface area contributed by atoms with Crippen LogP contribution in [0.1, 0.15) is 0 Å². The summed E-state index contributed by atoms with van der Waals surface area (Å²) in [6.45, 7) is 0. The molecule has 0 unspecified atom stereocenters. The lowest BCUT2D eigenvalue weighted by molar-refractivity contribution is 0.631. The van der Waals surface area contributed by atoms with Crippen LogP contribution in [0.15, 0.2) is 16.6 Å². The zero-order chi connectivity index (χ0) is 8.72. The number of benzene rings is 1. The largest absolute Gasteiger partial charge is 0.331 e. The van der Waals surface area contributed by atoms with Gasteiger partial charge in [-0.05, 0) is 40.3 Å². The van der Waals surface area contributed by atoms with Crippen molar-refractivity contribution >= 4 is 39.2 Å². The van der Waals surface area contributed by atoms with Gasteiger partial charge < -0.3 is 9.97 Å². The van der Waals surface area contributed by atoms with Gasteiger partial charge in [0.15, 0.2) is 10.6 Å². The van der Waals surface area contributed by atoms with E-state index in [9.17, 15) is 4.39 Å². The van der Waals surface area contributed by atoms with Crippen LogP contribution in [-0.4, -0.2) is 9.97 Å². The summed E-state index contributed by atoms with van der Waals surface area (Å²) in [4.78, 5) is 5.55. The molecule has 0 saturated carbocycles. The van der Waals surface area contributed by atoms with E-state index in [0.29, 0.717) is 20.3 Å². The molecular weight excluding hydrogens is 243 g/mol. The van der Waals surface area contributed by atoms with Crippen LogP contribution in [0.3, 0.4) is 0 Å². The third-order valence-corrected chi connectivity index (χ3v) is 2.40. The van der Waals surface area contributed by atoms with E-state index in [1.807, 2.05) is 0 Å². The molecule has 1 heterocycles. The van der Waals surface area contributed by atoms with Crippen LogP contribution >= 0.6 is 28.1 Å². The van der Waals surface area contributed by atoms with E-state index in [1.165, 1.54) is 0 Å². The lowest BCUT2D eigenvalue weighted by Crippen LogP contribution is -1.79. The predicted molar refractivity (Wildman–Crippen MR) is 51.1 cm³/mol. The molecule has 2 rings (SSSR count). The molecule has 0 amide bonds. The van der Waals surface area contributed by atoms with Gasteiger partial charge in [0.25, 0.3) is 0 Å². The highest BCUT2D eigenvalue weighted by atomic mass is 79.9. The first-order chi connectivity index (χ1) is 5.68. The average Bonchev–Trinajstić information content (AvgIpc) is 2.39. The Bertz CT molecular complexity index is 488. The molecule has 5 heteroatoms. The van der Waals surface area contributed by atoms with Crippen LogP contribution in [0.5, 0.6) is 0 Å². The molecule has 0 fully saturated rings. The molecule has 2 aromatic rings. The standard InChI is InChI=1S/C7H4BrFN2S/c8-3-1-2-4-6(5(3)9)11-7(12)10-4/h1-2H,(H2,10,11,12). The van der Waals surface area contributed by atoms with E-state index in [2.05, 4.69) is 25.9 Å². The van der Waals surface area contributed by atoms with Crippen molar-refractivity contribution in [1.82, 2.24) is 9.97 Å². The SMILES string of the molecule is Fc1c(Br)ccc2[nH]c(=S)[nH]c12. The maximum absolute atomic E-state index is 13.3. The smallest absolute Gasteiger partial charge is 0.175 e. The van der Waals surface area contributed by atoms with Crippen molar-refractivity contribution in [2.75, 3.05) is 0 Å². The zero-order valence-electron chi connectivity index (χ0n) is 5.82. The fraction of sp³-hybridized carbons (Fsp3) is 0. The number of fused-ring (bicyclic) bond motifs is 1. The fourth-order valence-electron chi connectivity index (χ4n) is 1.04. The van der Waals surface area contributed by atoms with Crippen LogP contribution in [0.4, 0.5) is 4.39 Å². The average molecular weight is 247 g/mol. The first kappa shape index (κ1) is 7.94. The number of nitrogens with one attached hydrogen (secondary N) is 2. The Kier molecular flexibility index (Phi) is 1.77. The zero-order valence-corrected chi connectivity index (χ0v) is 8.22. The summed E-state index contributed by atoms with van der Waals surface area (Å²) in [6, 6.07) is 3.39. The Morgan fingerprint density at radius 1 is 1.33 bits per heavy atom. The van der Waals surface area contributed by atoms with Gasteiger partial charge in [-0.1, -0.05) is 0 Å². The lowest BCUT2D eigenvalue weighted by Gasteiger charge is -1.93. The molecule has 0 radical (unpaired) electrons. The number of halogens is 2. The van der Waals surface area contributed by atoms with E-state index in [4.69, 9.17) is 12.2 Å². The Labute approximate surface area is 80.9 Å². The van der Waals surface area contributed by atoms with Crippen LogP contribution in [0.25, 0.3) is 11.0 Å². The molecule has 0 aliphatic carbocycles. The molecule has 2 nitrogen and oxygen atoms in total. The lowest BCUT2D eigenvalue weighted by atomic mass is 10.3. The molecule has 1 aromatic heterocycles. The van der Waals surface area contributed by atoms with Crippen LogP contribution in [0, 0.1) is 10.6 Å². The van der Waals surface area contributed by atoms with Crippen molar-refractivity contribution < 1.29 is 4.39 Å². The Morgan fingerprint density at radius 2 is 2.08 bits per heavy atom. The first-order valence-corrected chi connectivity index (χ1v) is 4.44. The molecule has 1 aromatic carbocycles. The van der Waals surface area contributed by atoms with Gasteiger partial charge in [0, 0.05) is 0 Å². The quantitative estimate of drug-likeness (QED) is 0.688. The summed E-state index contributed by atoms with van der Waals surface area (Å²) in [6.07, 6.45) is 0. The third kappa shape index (κ3) is 1.09. The highest BCUT2D eigenvalue weighted by molar-refractivity contribution is 9.10. The number of aromatic nitrogens is 2. The van der Waals surface area contributed by atoms with Crippen LogP contribution < -0.4 is 0 Å². The molecule has 0 bridgehead atoms. The fourth-order valence-corrected chi connectivity index (χ4v) is 1.59. The third-order valence-electron chi connectivity index (χ3n) is 1.58. The number of H-pyrrole nitrogens is 2. The molecule has 2 N–H and O–H groups in total. The van der Waals surface area contributed by atoms with E-state index in [1.54, 1.807) is 12.1 Å². The number of hydrogen-bond donors (Lipinski definition) is 2. The van der Waals surface area contributed by atoms with Crippen LogP contribution in [0.2, 0.25) is 0 Å². The first-order valence-electron chi connectivity index (χ1n) is 3.24. The van der Waals surface area contributed by atoms with Gasteiger partial charge in [0.1, 0.15) is 5.52 Å². The van der Waals surface area contributed by atoms with Crippen molar-refractivity contribution in [1.29, 1.82) is 0 Å². The van der Waals surface area contributed by atoms with Gasteiger partial charge in [0.2, 0.25) is 0 Å². The van der Waals surface area contributed by atoms with Gasteiger partial charge in [-0.2, -0.15) is 0 Å². The second-order valence-electron chi connectivity index (χ2n) is 2.36. The van der Waals surface area contributed by atoms with Crippen molar-refractivity contribution in [3.63, 3.8) is 0 Å². The molecule has 0 atom stereocenters. The molecular formula is C7H4BrFN2S. The Balaban J connectivity index is 2.99. The van der Waals surface area contributed by atoms with Gasteiger partial charge >= 0.3 is 0 Å². The number of imidazole rings is 1. The summed E-state index contributed by atoms with van der Waals surface area (Å²) >= 11 is 7.91.